The molecular formula is C48H73ClO8. The van der Waals surface area contributed by atoms with E-state index in [0.717, 1.165) is 98.6 Å². The highest BCUT2D eigenvalue weighted by Gasteiger charge is 2.23. The van der Waals surface area contributed by atoms with Crippen LogP contribution in [0.1, 0.15) is 156 Å². The standard InChI is InChI=1S/C48H73ClO8/c1-5-9-13-17-23-31-52-34-39(56-45(50)27-19-15-11-7-3)36-54-47-41-25-21-22-26-42(41)48(44-33-38(49)29-30-43(44)47)55-37-40(35-53-32-24-18-14-10-6-2)57-46(51)28-20-16-12-8-4/h21-22,25-26,29-30,33,39-40H,5-20,23-24,27-28,31-32,34-37H2,1-4H3. The van der Waals surface area contributed by atoms with Crippen molar-refractivity contribution in [2.24, 2.45) is 0 Å². The van der Waals surface area contributed by atoms with Crippen LogP contribution in [-0.4, -0.2) is 63.8 Å². The molecule has 0 aliphatic rings. The number of halogens is 1. The number of fused-ring (bicyclic) bond motifs is 2. The Labute approximate surface area is 349 Å². The lowest BCUT2D eigenvalue weighted by molar-refractivity contribution is -0.155. The van der Waals surface area contributed by atoms with E-state index in [1.165, 1.54) is 38.5 Å². The monoisotopic (exact) mass is 812 g/mol. The molecule has 2 atom stereocenters. The maximum atomic E-state index is 12.9. The van der Waals surface area contributed by atoms with E-state index in [0.29, 0.717) is 42.6 Å². The van der Waals surface area contributed by atoms with Gasteiger partial charge in [0.25, 0.3) is 0 Å². The third kappa shape index (κ3) is 19.0. The lowest BCUT2D eigenvalue weighted by Crippen LogP contribution is -2.30. The first-order chi connectivity index (χ1) is 27.9. The third-order valence-corrected chi connectivity index (χ3v) is 10.4. The van der Waals surface area contributed by atoms with Gasteiger partial charge >= 0.3 is 11.9 Å². The summed E-state index contributed by atoms with van der Waals surface area (Å²) in [7, 11) is 0. The molecule has 0 radical (unpaired) electrons. The van der Waals surface area contributed by atoms with Gasteiger partial charge in [-0.1, -0.05) is 153 Å². The van der Waals surface area contributed by atoms with E-state index < -0.39 is 12.2 Å². The summed E-state index contributed by atoms with van der Waals surface area (Å²) in [6.07, 6.45) is 19.0. The molecule has 0 bridgehead atoms. The van der Waals surface area contributed by atoms with E-state index in [1.54, 1.807) is 0 Å². The SMILES string of the molecule is CCCCCCCOCC(COc1c2ccccc2c(OCC(COCCCCCCC)OC(=O)CCCCCC)c2cc(Cl)ccc12)OC(=O)CCCCCC. The maximum Gasteiger partial charge on any atom is 0.306 e. The van der Waals surface area contributed by atoms with Gasteiger partial charge in [0.1, 0.15) is 24.7 Å². The number of carbonyl (C=O) groups is 2. The second-order valence-corrected chi connectivity index (χ2v) is 15.8. The van der Waals surface area contributed by atoms with Crippen LogP contribution in [-0.2, 0) is 28.5 Å². The molecule has 0 N–H and O–H groups in total. The zero-order valence-corrected chi connectivity index (χ0v) is 36.5. The minimum Gasteiger partial charge on any atom is -0.488 e. The number of unbranched alkanes of at least 4 members (excludes halogenated alkanes) is 14. The topological polar surface area (TPSA) is 89.5 Å². The Kier molecular flexibility index (Phi) is 25.5. The summed E-state index contributed by atoms with van der Waals surface area (Å²) in [6, 6.07) is 13.6. The summed E-state index contributed by atoms with van der Waals surface area (Å²) in [5.74, 6) is 0.813. The second kappa shape index (κ2) is 30.0. The highest BCUT2D eigenvalue weighted by molar-refractivity contribution is 6.31. The molecule has 9 heteroatoms. The third-order valence-electron chi connectivity index (χ3n) is 10.2. The highest BCUT2D eigenvalue weighted by atomic mass is 35.5. The van der Waals surface area contributed by atoms with Crippen molar-refractivity contribution in [3.8, 4) is 11.5 Å². The first-order valence-corrected chi connectivity index (χ1v) is 22.7. The Balaban J connectivity index is 1.83. The van der Waals surface area contributed by atoms with Crippen LogP contribution in [0.15, 0.2) is 42.5 Å². The van der Waals surface area contributed by atoms with Crippen LogP contribution in [0.3, 0.4) is 0 Å². The lowest BCUT2D eigenvalue weighted by atomic mass is 10.0. The van der Waals surface area contributed by atoms with Crippen molar-refractivity contribution >= 4 is 45.1 Å². The van der Waals surface area contributed by atoms with Gasteiger partial charge in [0.05, 0.1) is 13.2 Å². The minimum atomic E-state index is -0.577. The fraction of sp³-hybridized carbons (Fsp3) is 0.667. The molecule has 0 aromatic heterocycles. The molecule has 320 valence electrons. The first-order valence-electron chi connectivity index (χ1n) is 22.4. The Morgan fingerprint density at radius 2 is 0.895 bits per heavy atom. The van der Waals surface area contributed by atoms with E-state index in [9.17, 15) is 9.59 Å². The van der Waals surface area contributed by atoms with Crippen molar-refractivity contribution in [1.29, 1.82) is 0 Å². The molecule has 0 saturated heterocycles. The quantitative estimate of drug-likeness (QED) is 0.0335. The van der Waals surface area contributed by atoms with Crippen LogP contribution >= 0.6 is 11.6 Å². The van der Waals surface area contributed by atoms with Gasteiger partial charge in [0.2, 0.25) is 0 Å². The lowest BCUT2D eigenvalue weighted by Gasteiger charge is -2.23. The van der Waals surface area contributed by atoms with Crippen LogP contribution in [0, 0.1) is 0 Å². The Morgan fingerprint density at radius 1 is 0.491 bits per heavy atom. The largest absolute Gasteiger partial charge is 0.488 e. The maximum absolute atomic E-state index is 12.9. The van der Waals surface area contributed by atoms with E-state index in [4.69, 9.17) is 40.0 Å². The zero-order chi connectivity index (χ0) is 40.9. The van der Waals surface area contributed by atoms with E-state index in [2.05, 4.69) is 27.7 Å². The molecule has 0 heterocycles. The summed E-state index contributed by atoms with van der Waals surface area (Å²) >= 11 is 6.62. The number of carbonyl (C=O) groups excluding carboxylic acids is 2. The van der Waals surface area contributed by atoms with Gasteiger partial charge in [-0.2, -0.15) is 0 Å². The van der Waals surface area contributed by atoms with Crippen molar-refractivity contribution in [3.63, 3.8) is 0 Å². The smallest absolute Gasteiger partial charge is 0.306 e. The van der Waals surface area contributed by atoms with Crippen LogP contribution in [0.4, 0.5) is 0 Å². The summed E-state index contributed by atoms with van der Waals surface area (Å²) < 4.78 is 37.3. The Morgan fingerprint density at radius 3 is 1.35 bits per heavy atom. The van der Waals surface area contributed by atoms with Gasteiger partial charge < -0.3 is 28.4 Å². The average molecular weight is 814 g/mol. The van der Waals surface area contributed by atoms with Crippen molar-refractivity contribution in [3.05, 3.63) is 47.5 Å². The fourth-order valence-corrected chi connectivity index (χ4v) is 7.07. The normalized spacial score (nSPS) is 12.5. The molecule has 3 aromatic carbocycles. The van der Waals surface area contributed by atoms with Crippen LogP contribution < -0.4 is 9.47 Å². The van der Waals surface area contributed by atoms with Gasteiger partial charge in [-0.15, -0.1) is 0 Å². The predicted molar refractivity (Wildman–Crippen MR) is 234 cm³/mol. The van der Waals surface area contributed by atoms with E-state index >= 15 is 0 Å². The number of hydrogen-bond acceptors (Lipinski definition) is 8. The van der Waals surface area contributed by atoms with Crippen LogP contribution in [0.2, 0.25) is 5.02 Å². The molecule has 0 spiro atoms. The van der Waals surface area contributed by atoms with Crippen molar-refractivity contribution in [1.82, 2.24) is 0 Å². The second-order valence-electron chi connectivity index (χ2n) is 15.3. The molecule has 8 nitrogen and oxygen atoms in total. The molecular weight excluding hydrogens is 740 g/mol. The zero-order valence-electron chi connectivity index (χ0n) is 35.7. The number of esters is 2. The summed E-state index contributed by atoms with van der Waals surface area (Å²) in [5, 5.41) is 3.80. The van der Waals surface area contributed by atoms with E-state index in [-0.39, 0.29) is 38.4 Å². The number of hydrogen-bond donors (Lipinski definition) is 0. The molecule has 3 rings (SSSR count). The number of rotatable bonds is 34. The summed E-state index contributed by atoms with van der Waals surface area (Å²) in [4.78, 5) is 25.9. The highest BCUT2D eigenvalue weighted by Crippen LogP contribution is 2.44. The molecule has 0 aliphatic carbocycles. The van der Waals surface area contributed by atoms with Gasteiger partial charge in [0.15, 0.2) is 12.2 Å². The molecule has 0 saturated carbocycles. The number of benzene rings is 3. The minimum absolute atomic E-state index is 0.119. The summed E-state index contributed by atoms with van der Waals surface area (Å²) in [6.45, 7) is 10.7. The molecule has 0 fully saturated rings. The van der Waals surface area contributed by atoms with Crippen LogP contribution in [0.25, 0.3) is 21.5 Å². The predicted octanol–water partition coefficient (Wildman–Crippen LogP) is 13.1. The molecule has 2 unspecified atom stereocenters. The molecule has 0 aliphatic heterocycles. The summed E-state index contributed by atoms with van der Waals surface area (Å²) in [5.41, 5.74) is 0. The van der Waals surface area contributed by atoms with Gasteiger partial charge in [-0.25, -0.2) is 0 Å². The number of ether oxygens (including phenoxy) is 6. The van der Waals surface area contributed by atoms with Gasteiger partial charge in [-0.05, 0) is 43.9 Å². The van der Waals surface area contributed by atoms with Gasteiger partial charge in [0, 0.05) is 52.6 Å². The first kappa shape index (κ1) is 48.3. The van der Waals surface area contributed by atoms with Crippen molar-refractivity contribution < 1.29 is 38.0 Å². The van der Waals surface area contributed by atoms with Crippen molar-refractivity contribution in [2.75, 3.05) is 39.6 Å². The van der Waals surface area contributed by atoms with E-state index in [1.807, 2.05) is 42.5 Å². The average Bonchev–Trinajstić information content (AvgIpc) is 3.21. The van der Waals surface area contributed by atoms with Gasteiger partial charge in [-0.3, -0.25) is 9.59 Å². The molecule has 0 amide bonds. The Bertz CT molecular complexity index is 1540. The molecule has 57 heavy (non-hydrogen) atoms. The molecule has 3 aromatic rings. The fourth-order valence-electron chi connectivity index (χ4n) is 6.89. The van der Waals surface area contributed by atoms with Crippen molar-refractivity contribution in [2.45, 2.75) is 168 Å². The van der Waals surface area contributed by atoms with Crippen LogP contribution in [0.5, 0.6) is 11.5 Å². The Hall–Kier alpha value is -3.07.